The van der Waals surface area contributed by atoms with Crippen molar-refractivity contribution in [2.45, 2.75) is 71.4 Å². The number of carbonyl (C=O) groups excluding carboxylic acids is 1. The third-order valence-electron chi connectivity index (χ3n) is 3.42. The third kappa shape index (κ3) is 6.81. The van der Waals surface area contributed by atoms with Gasteiger partial charge in [0.2, 0.25) is 0 Å². The largest absolute Gasteiger partial charge is 0.444 e. The Bertz CT molecular complexity index is 267. The molecule has 0 aliphatic heterocycles. The molecule has 0 unspecified atom stereocenters. The standard InChI is InChI=1S/C15H29NO3/c1-5-18-11-13(12-9-7-6-8-10-12)16-14(17)19-15(2,3)4/h12-13H,5-11H2,1-4H3,(H,16,17)/t13-/m0/s1. The number of carbonyl (C=O) groups is 1. The van der Waals surface area contributed by atoms with Gasteiger partial charge in [-0.3, -0.25) is 0 Å². The molecule has 1 aliphatic carbocycles. The van der Waals surface area contributed by atoms with Crippen LogP contribution < -0.4 is 5.32 Å². The van der Waals surface area contributed by atoms with Crippen LogP contribution in [0, 0.1) is 5.92 Å². The van der Waals surface area contributed by atoms with Crippen LogP contribution in [0.2, 0.25) is 0 Å². The number of hydrogen-bond donors (Lipinski definition) is 1. The molecular weight excluding hydrogens is 242 g/mol. The maximum Gasteiger partial charge on any atom is 0.407 e. The van der Waals surface area contributed by atoms with Gasteiger partial charge in [-0.25, -0.2) is 4.79 Å². The molecule has 0 aromatic heterocycles. The molecule has 0 heterocycles. The second-order valence-electron chi connectivity index (χ2n) is 6.31. The molecule has 1 aliphatic rings. The van der Waals surface area contributed by atoms with Crippen LogP contribution >= 0.6 is 0 Å². The Morgan fingerprint density at radius 3 is 2.42 bits per heavy atom. The van der Waals surface area contributed by atoms with Crippen LogP contribution in [0.4, 0.5) is 4.79 Å². The van der Waals surface area contributed by atoms with Gasteiger partial charge in [-0.05, 0) is 46.5 Å². The minimum Gasteiger partial charge on any atom is -0.444 e. The summed E-state index contributed by atoms with van der Waals surface area (Å²) < 4.78 is 10.8. The lowest BCUT2D eigenvalue weighted by atomic mass is 9.84. The molecule has 4 nitrogen and oxygen atoms in total. The van der Waals surface area contributed by atoms with E-state index >= 15 is 0 Å². The van der Waals surface area contributed by atoms with Gasteiger partial charge in [0.1, 0.15) is 5.60 Å². The van der Waals surface area contributed by atoms with Crippen molar-refractivity contribution < 1.29 is 14.3 Å². The average molecular weight is 271 g/mol. The van der Waals surface area contributed by atoms with E-state index in [9.17, 15) is 4.79 Å². The predicted molar refractivity (Wildman–Crippen MR) is 76.2 cm³/mol. The number of nitrogens with one attached hydrogen (secondary N) is 1. The molecule has 0 saturated heterocycles. The van der Waals surface area contributed by atoms with Gasteiger partial charge in [-0.1, -0.05) is 19.3 Å². The van der Waals surface area contributed by atoms with Gasteiger partial charge in [0.25, 0.3) is 0 Å². The fourth-order valence-corrected chi connectivity index (χ4v) is 2.54. The fraction of sp³-hybridized carbons (Fsp3) is 0.933. The molecule has 1 amide bonds. The molecule has 112 valence electrons. The highest BCUT2D eigenvalue weighted by Crippen LogP contribution is 2.27. The predicted octanol–water partition coefficient (Wildman–Crippen LogP) is 3.50. The molecule has 1 fully saturated rings. The lowest BCUT2D eigenvalue weighted by molar-refractivity contribution is 0.0380. The van der Waals surface area contributed by atoms with Crippen LogP contribution in [0.1, 0.15) is 59.8 Å². The fourth-order valence-electron chi connectivity index (χ4n) is 2.54. The van der Waals surface area contributed by atoms with Crippen LogP contribution in [0.3, 0.4) is 0 Å². The summed E-state index contributed by atoms with van der Waals surface area (Å²) in [4.78, 5) is 11.9. The Hall–Kier alpha value is -0.770. The van der Waals surface area contributed by atoms with Crippen molar-refractivity contribution in [1.29, 1.82) is 0 Å². The summed E-state index contributed by atoms with van der Waals surface area (Å²) in [5, 5.41) is 2.99. The first-order chi connectivity index (χ1) is 8.92. The highest BCUT2D eigenvalue weighted by molar-refractivity contribution is 5.68. The smallest absolute Gasteiger partial charge is 0.407 e. The Labute approximate surface area is 117 Å². The van der Waals surface area contributed by atoms with Gasteiger partial charge in [0, 0.05) is 6.61 Å². The number of hydrogen-bond acceptors (Lipinski definition) is 3. The molecule has 0 radical (unpaired) electrons. The number of alkyl carbamates (subject to hydrolysis) is 1. The van der Waals surface area contributed by atoms with E-state index in [-0.39, 0.29) is 12.1 Å². The second-order valence-corrected chi connectivity index (χ2v) is 6.31. The first-order valence-corrected chi connectivity index (χ1v) is 7.49. The Morgan fingerprint density at radius 2 is 1.89 bits per heavy atom. The number of ether oxygens (including phenoxy) is 2. The minimum atomic E-state index is -0.452. The summed E-state index contributed by atoms with van der Waals surface area (Å²) in [5.74, 6) is 0.521. The van der Waals surface area contributed by atoms with E-state index in [1.165, 1.54) is 32.1 Å². The highest BCUT2D eigenvalue weighted by atomic mass is 16.6. The first kappa shape index (κ1) is 16.3. The molecule has 19 heavy (non-hydrogen) atoms. The highest BCUT2D eigenvalue weighted by Gasteiger charge is 2.27. The quantitative estimate of drug-likeness (QED) is 0.832. The molecule has 4 heteroatoms. The van der Waals surface area contributed by atoms with Gasteiger partial charge in [0.05, 0.1) is 12.6 Å². The molecule has 0 spiro atoms. The van der Waals surface area contributed by atoms with E-state index in [1.807, 2.05) is 27.7 Å². The van der Waals surface area contributed by atoms with Crippen molar-refractivity contribution in [1.82, 2.24) is 5.32 Å². The molecule has 0 bridgehead atoms. The van der Waals surface area contributed by atoms with Crippen LogP contribution in [0.25, 0.3) is 0 Å². The van der Waals surface area contributed by atoms with Gasteiger partial charge in [-0.2, -0.15) is 0 Å². The van der Waals surface area contributed by atoms with E-state index in [0.717, 1.165) is 0 Å². The third-order valence-corrected chi connectivity index (χ3v) is 3.42. The lowest BCUT2D eigenvalue weighted by Crippen LogP contribution is -2.46. The Kier molecular flexibility index (Phi) is 6.63. The zero-order chi connectivity index (χ0) is 14.3. The van der Waals surface area contributed by atoms with Crippen LogP contribution in [-0.2, 0) is 9.47 Å². The summed E-state index contributed by atoms with van der Waals surface area (Å²) in [6.45, 7) is 8.88. The summed E-state index contributed by atoms with van der Waals surface area (Å²) in [5.41, 5.74) is -0.452. The van der Waals surface area contributed by atoms with Crippen molar-refractivity contribution in [2.75, 3.05) is 13.2 Å². The summed E-state index contributed by atoms with van der Waals surface area (Å²) in [6.07, 6.45) is 5.83. The zero-order valence-corrected chi connectivity index (χ0v) is 12.8. The van der Waals surface area contributed by atoms with Crippen molar-refractivity contribution in [2.24, 2.45) is 5.92 Å². The van der Waals surface area contributed by atoms with Gasteiger partial charge >= 0.3 is 6.09 Å². The van der Waals surface area contributed by atoms with E-state index in [0.29, 0.717) is 19.1 Å². The maximum absolute atomic E-state index is 11.9. The van der Waals surface area contributed by atoms with E-state index in [2.05, 4.69) is 5.32 Å². The lowest BCUT2D eigenvalue weighted by Gasteiger charge is -2.31. The van der Waals surface area contributed by atoms with Gasteiger partial charge < -0.3 is 14.8 Å². The van der Waals surface area contributed by atoms with Gasteiger partial charge in [-0.15, -0.1) is 0 Å². The van der Waals surface area contributed by atoms with E-state index < -0.39 is 5.60 Å². The molecule has 1 rings (SSSR count). The summed E-state index contributed by atoms with van der Waals surface area (Å²) in [6, 6.07) is 0.0788. The van der Waals surface area contributed by atoms with Crippen LogP contribution in [0.5, 0.6) is 0 Å². The molecule has 1 N–H and O–H groups in total. The van der Waals surface area contributed by atoms with Crippen LogP contribution in [0.15, 0.2) is 0 Å². The number of amides is 1. The average Bonchev–Trinajstić information content (AvgIpc) is 2.33. The summed E-state index contributed by atoms with van der Waals surface area (Å²) >= 11 is 0. The molecule has 1 atom stereocenters. The molecule has 1 saturated carbocycles. The SMILES string of the molecule is CCOC[C@H](NC(=O)OC(C)(C)C)C1CCCCC1. The van der Waals surface area contributed by atoms with E-state index in [1.54, 1.807) is 0 Å². The minimum absolute atomic E-state index is 0.0788. The van der Waals surface area contributed by atoms with Crippen molar-refractivity contribution in [3.8, 4) is 0 Å². The van der Waals surface area contributed by atoms with Crippen molar-refractivity contribution >= 4 is 6.09 Å². The second kappa shape index (κ2) is 7.73. The normalized spacial score (nSPS) is 18.9. The summed E-state index contributed by atoms with van der Waals surface area (Å²) in [7, 11) is 0. The topological polar surface area (TPSA) is 47.6 Å². The zero-order valence-electron chi connectivity index (χ0n) is 12.8. The first-order valence-electron chi connectivity index (χ1n) is 7.49. The van der Waals surface area contributed by atoms with E-state index in [4.69, 9.17) is 9.47 Å². The Morgan fingerprint density at radius 1 is 1.26 bits per heavy atom. The maximum atomic E-state index is 11.9. The van der Waals surface area contributed by atoms with Crippen LogP contribution in [-0.4, -0.2) is 30.9 Å². The molecular formula is C15H29NO3. The molecule has 0 aromatic carbocycles. The number of rotatable bonds is 5. The van der Waals surface area contributed by atoms with Crippen molar-refractivity contribution in [3.63, 3.8) is 0 Å². The van der Waals surface area contributed by atoms with Gasteiger partial charge in [0.15, 0.2) is 0 Å². The Balaban J connectivity index is 2.50. The molecule has 0 aromatic rings. The van der Waals surface area contributed by atoms with Crippen molar-refractivity contribution in [3.05, 3.63) is 0 Å². The monoisotopic (exact) mass is 271 g/mol.